The third-order valence-corrected chi connectivity index (χ3v) is 4.05. The van der Waals surface area contributed by atoms with Gasteiger partial charge in [0.05, 0.1) is 5.56 Å². The first-order chi connectivity index (χ1) is 9.10. The van der Waals surface area contributed by atoms with Crippen LogP contribution >= 0.6 is 0 Å². The summed E-state index contributed by atoms with van der Waals surface area (Å²) in [6.45, 7) is 5.06. The molecule has 1 amide bonds. The number of benzene rings is 1. The van der Waals surface area contributed by atoms with E-state index < -0.39 is 0 Å². The molecule has 0 unspecified atom stereocenters. The third kappa shape index (κ3) is 3.28. The van der Waals surface area contributed by atoms with Gasteiger partial charge in [0, 0.05) is 19.3 Å². The van der Waals surface area contributed by atoms with Crippen LogP contribution in [0.5, 0.6) is 0 Å². The number of hydrogen-bond donors (Lipinski definition) is 2. The lowest BCUT2D eigenvalue weighted by Crippen LogP contribution is -2.30. The van der Waals surface area contributed by atoms with Crippen LogP contribution in [0.3, 0.4) is 0 Å². The molecule has 0 atom stereocenters. The third-order valence-electron chi connectivity index (χ3n) is 4.05. The Morgan fingerprint density at radius 2 is 2.11 bits per heavy atom. The molecule has 2 rings (SSSR count). The van der Waals surface area contributed by atoms with Crippen molar-refractivity contribution < 1.29 is 4.79 Å². The van der Waals surface area contributed by atoms with E-state index in [4.69, 9.17) is 0 Å². The van der Waals surface area contributed by atoms with Crippen LogP contribution in [0, 0.1) is 12.3 Å². The van der Waals surface area contributed by atoms with Gasteiger partial charge in [0.1, 0.15) is 0 Å². The minimum atomic E-state index is 0.0340. The summed E-state index contributed by atoms with van der Waals surface area (Å²) in [5.41, 5.74) is 3.19. The molecule has 1 aromatic rings. The van der Waals surface area contributed by atoms with E-state index in [-0.39, 0.29) is 5.91 Å². The summed E-state index contributed by atoms with van der Waals surface area (Å²) < 4.78 is 0. The van der Waals surface area contributed by atoms with E-state index in [9.17, 15) is 4.79 Å². The highest BCUT2D eigenvalue weighted by molar-refractivity contribution is 5.99. The molecule has 1 aliphatic rings. The topological polar surface area (TPSA) is 41.1 Å². The number of rotatable bonds is 6. The zero-order valence-electron chi connectivity index (χ0n) is 12.2. The monoisotopic (exact) mass is 260 g/mol. The zero-order valence-corrected chi connectivity index (χ0v) is 12.2. The maximum Gasteiger partial charge on any atom is 0.253 e. The van der Waals surface area contributed by atoms with Gasteiger partial charge < -0.3 is 10.6 Å². The van der Waals surface area contributed by atoms with Crippen LogP contribution in [-0.2, 0) is 0 Å². The van der Waals surface area contributed by atoms with Crippen molar-refractivity contribution in [1.82, 2.24) is 5.32 Å². The molecule has 19 heavy (non-hydrogen) atoms. The molecule has 1 saturated carbocycles. The smallest absolute Gasteiger partial charge is 0.253 e. The number of carbonyl (C=O) groups excluding carboxylic acids is 1. The van der Waals surface area contributed by atoms with Gasteiger partial charge in [-0.2, -0.15) is 0 Å². The average molecular weight is 260 g/mol. The van der Waals surface area contributed by atoms with E-state index in [1.165, 1.54) is 25.7 Å². The summed E-state index contributed by atoms with van der Waals surface area (Å²) in [6, 6.07) is 5.89. The Morgan fingerprint density at radius 1 is 1.37 bits per heavy atom. The standard InChI is InChI=1S/C16H24N2O/c1-4-7-16(8-9-16)11-18-15(19)13-6-5-12(2)10-14(13)17-3/h5-6,10,17H,4,7-9,11H2,1-3H3,(H,18,19). The average Bonchev–Trinajstić information content (AvgIpc) is 3.16. The Morgan fingerprint density at radius 3 is 2.68 bits per heavy atom. The minimum Gasteiger partial charge on any atom is -0.387 e. The van der Waals surface area contributed by atoms with Crippen LogP contribution in [0.25, 0.3) is 0 Å². The van der Waals surface area contributed by atoms with Crippen molar-refractivity contribution in [3.63, 3.8) is 0 Å². The summed E-state index contributed by atoms with van der Waals surface area (Å²) in [6.07, 6.45) is 4.93. The molecular weight excluding hydrogens is 236 g/mol. The van der Waals surface area contributed by atoms with Crippen LogP contribution in [-0.4, -0.2) is 19.5 Å². The number of aryl methyl sites for hydroxylation is 1. The lowest BCUT2D eigenvalue weighted by atomic mass is 10.0. The molecule has 0 radical (unpaired) electrons. The van der Waals surface area contributed by atoms with Gasteiger partial charge in [0.2, 0.25) is 0 Å². The van der Waals surface area contributed by atoms with Gasteiger partial charge in [0.25, 0.3) is 5.91 Å². The van der Waals surface area contributed by atoms with E-state index in [2.05, 4.69) is 17.6 Å². The van der Waals surface area contributed by atoms with E-state index in [1.807, 2.05) is 32.2 Å². The van der Waals surface area contributed by atoms with Crippen LogP contribution < -0.4 is 10.6 Å². The highest BCUT2D eigenvalue weighted by atomic mass is 16.1. The lowest BCUT2D eigenvalue weighted by Gasteiger charge is -2.16. The summed E-state index contributed by atoms with van der Waals surface area (Å²) in [7, 11) is 1.85. The van der Waals surface area contributed by atoms with Gasteiger partial charge in [0.15, 0.2) is 0 Å². The normalized spacial score (nSPS) is 15.9. The van der Waals surface area contributed by atoms with Crippen molar-refractivity contribution in [1.29, 1.82) is 0 Å². The quantitative estimate of drug-likeness (QED) is 0.823. The van der Waals surface area contributed by atoms with Crippen molar-refractivity contribution in [3.05, 3.63) is 29.3 Å². The van der Waals surface area contributed by atoms with Crippen LogP contribution in [0.4, 0.5) is 5.69 Å². The Hall–Kier alpha value is -1.51. The van der Waals surface area contributed by atoms with Crippen molar-refractivity contribution in [3.8, 4) is 0 Å². The van der Waals surface area contributed by atoms with Gasteiger partial charge in [-0.15, -0.1) is 0 Å². The fraction of sp³-hybridized carbons (Fsp3) is 0.562. The number of anilines is 1. The van der Waals surface area contributed by atoms with Crippen LogP contribution in [0.15, 0.2) is 18.2 Å². The van der Waals surface area contributed by atoms with Crippen molar-refractivity contribution in [2.24, 2.45) is 5.41 Å². The molecule has 3 nitrogen and oxygen atoms in total. The Balaban J connectivity index is 2.00. The fourth-order valence-corrected chi connectivity index (χ4v) is 2.65. The molecule has 104 valence electrons. The van der Waals surface area contributed by atoms with Crippen LogP contribution in [0.2, 0.25) is 0 Å². The number of nitrogens with one attached hydrogen (secondary N) is 2. The number of carbonyl (C=O) groups is 1. The predicted octanol–water partition coefficient (Wildman–Crippen LogP) is 3.35. The maximum absolute atomic E-state index is 12.3. The molecular formula is C16H24N2O. The van der Waals surface area contributed by atoms with Crippen molar-refractivity contribution in [2.45, 2.75) is 39.5 Å². The highest BCUT2D eigenvalue weighted by Gasteiger charge is 2.41. The summed E-state index contributed by atoms with van der Waals surface area (Å²) >= 11 is 0. The largest absolute Gasteiger partial charge is 0.387 e. The Labute approximate surface area is 115 Å². The Kier molecular flexibility index (Phi) is 4.13. The number of amides is 1. The highest BCUT2D eigenvalue weighted by Crippen LogP contribution is 2.48. The number of hydrogen-bond acceptors (Lipinski definition) is 2. The molecule has 0 bridgehead atoms. The van der Waals surface area contributed by atoms with E-state index in [0.717, 1.165) is 23.4 Å². The molecule has 1 aromatic carbocycles. The molecule has 2 N–H and O–H groups in total. The summed E-state index contributed by atoms with van der Waals surface area (Å²) in [5, 5.41) is 6.20. The molecule has 0 saturated heterocycles. The first kappa shape index (κ1) is 13.9. The maximum atomic E-state index is 12.3. The fourth-order valence-electron chi connectivity index (χ4n) is 2.65. The lowest BCUT2D eigenvalue weighted by molar-refractivity contribution is 0.0944. The van der Waals surface area contributed by atoms with E-state index in [1.54, 1.807) is 0 Å². The van der Waals surface area contributed by atoms with Gasteiger partial charge in [-0.3, -0.25) is 4.79 Å². The van der Waals surface area contributed by atoms with E-state index >= 15 is 0 Å². The molecule has 3 heteroatoms. The first-order valence-electron chi connectivity index (χ1n) is 7.17. The minimum absolute atomic E-state index is 0.0340. The van der Waals surface area contributed by atoms with Crippen molar-refractivity contribution >= 4 is 11.6 Å². The first-order valence-corrected chi connectivity index (χ1v) is 7.17. The van der Waals surface area contributed by atoms with Gasteiger partial charge in [-0.25, -0.2) is 0 Å². The molecule has 0 spiro atoms. The molecule has 0 aliphatic heterocycles. The van der Waals surface area contributed by atoms with Crippen LogP contribution in [0.1, 0.15) is 48.5 Å². The van der Waals surface area contributed by atoms with Gasteiger partial charge >= 0.3 is 0 Å². The molecule has 0 heterocycles. The summed E-state index contributed by atoms with van der Waals surface area (Å²) in [4.78, 5) is 12.3. The Bertz CT molecular complexity index is 464. The predicted molar refractivity (Wildman–Crippen MR) is 79.6 cm³/mol. The second-order valence-corrected chi connectivity index (χ2v) is 5.73. The second-order valence-electron chi connectivity index (χ2n) is 5.73. The molecule has 0 aromatic heterocycles. The van der Waals surface area contributed by atoms with E-state index in [0.29, 0.717) is 5.41 Å². The summed E-state index contributed by atoms with van der Waals surface area (Å²) in [5.74, 6) is 0.0340. The van der Waals surface area contributed by atoms with Crippen molar-refractivity contribution in [2.75, 3.05) is 18.9 Å². The zero-order chi connectivity index (χ0) is 13.9. The van der Waals surface area contributed by atoms with Gasteiger partial charge in [-0.05, 0) is 49.3 Å². The molecule has 1 aliphatic carbocycles. The molecule has 1 fully saturated rings. The SMILES string of the molecule is CCCC1(CNC(=O)c2ccc(C)cc2NC)CC1. The second kappa shape index (κ2) is 5.64. The van der Waals surface area contributed by atoms with Gasteiger partial charge in [-0.1, -0.05) is 19.4 Å².